The molecule has 1 amide bonds. The first-order chi connectivity index (χ1) is 17.7. The van der Waals surface area contributed by atoms with Crippen LogP contribution in [0, 0.1) is 5.92 Å². The number of aromatic amines is 2. The number of aromatic nitrogens is 6. The Morgan fingerprint density at radius 3 is 2.64 bits per heavy atom. The standard InChI is InChI=1S/C28H21N7O/c36-28(17-4-5-17)31-20-12-19(14-30-15-20)18-6-7-23-22(13-18)26(35-34-23)27-32-24-3-1-2-21(25(24)33-27)16-8-10-29-11-9-16/h1-3,6-15,17H,4-5H2,(H,31,36)(H,32,33)(H,34,35). The van der Waals surface area contributed by atoms with Crippen LogP contribution in [0.1, 0.15) is 12.8 Å². The number of carbonyl (C=O) groups excluding carboxylic acids is 1. The highest BCUT2D eigenvalue weighted by molar-refractivity contribution is 5.99. The van der Waals surface area contributed by atoms with Gasteiger partial charge in [-0.2, -0.15) is 5.10 Å². The second-order valence-corrected chi connectivity index (χ2v) is 9.08. The van der Waals surface area contributed by atoms with E-state index in [0.29, 0.717) is 11.5 Å². The molecule has 0 unspecified atom stereocenters. The molecule has 8 heteroatoms. The zero-order valence-electron chi connectivity index (χ0n) is 19.2. The van der Waals surface area contributed by atoms with E-state index in [0.717, 1.165) is 62.7 Å². The van der Waals surface area contributed by atoms with Crippen LogP contribution < -0.4 is 5.32 Å². The minimum Gasteiger partial charge on any atom is -0.337 e. The van der Waals surface area contributed by atoms with E-state index in [-0.39, 0.29) is 11.8 Å². The number of nitrogens with zero attached hydrogens (tertiary/aromatic N) is 4. The van der Waals surface area contributed by atoms with Gasteiger partial charge in [-0.25, -0.2) is 4.98 Å². The highest BCUT2D eigenvalue weighted by Crippen LogP contribution is 2.34. The van der Waals surface area contributed by atoms with Crippen molar-refractivity contribution in [2.45, 2.75) is 12.8 Å². The molecule has 8 nitrogen and oxygen atoms in total. The Balaban J connectivity index is 1.28. The maximum Gasteiger partial charge on any atom is 0.227 e. The minimum absolute atomic E-state index is 0.0672. The Labute approximate surface area is 205 Å². The number of nitrogens with one attached hydrogen (secondary N) is 3. The molecule has 1 aliphatic carbocycles. The van der Waals surface area contributed by atoms with E-state index >= 15 is 0 Å². The molecular formula is C28H21N7O. The van der Waals surface area contributed by atoms with Gasteiger partial charge in [0.15, 0.2) is 5.82 Å². The number of amides is 1. The first kappa shape index (κ1) is 20.5. The molecule has 174 valence electrons. The lowest BCUT2D eigenvalue weighted by molar-refractivity contribution is -0.117. The average Bonchev–Trinajstić information content (AvgIpc) is 3.55. The Morgan fingerprint density at radius 2 is 1.78 bits per heavy atom. The number of rotatable bonds is 5. The summed E-state index contributed by atoms with van der Waals surface area (Å²) in [6, 6.07) is 18.1. The van der Waals surface area contributed by atoms with E-state index in [4.69, 9.17) is 4.98 Å². The first-order valence-electron chi connectivity index (χ1n) is 11.9. The van der Waals surface area contributed by atoms with Crippen LogP contribution in [0.5, 0.6) is 0 Å². The number of H-pyrrole nitrogens is 2. The number of pyridine rings is 2. The summed E-state index contributed by atoms with van der Waals surface area (Å²) >= 11 is 0. The van der Waals surface area contributed by atoms with Gasteiger partial charge in [0.05, 0.1) is 28.4 Å². The van der Waals surface area contributed by atoms with Gasteiger partial charge >= 0.3 is 0 Å². The SMILES string of the molecule is O=C(Nc1cncc(-c2ccc3[nH]nc(-c4nc5c(-c6ccncc6)cccc5[nH]4)c3c2)c1)C1CC1. The lowest BCUT2D eigenvalue weighted by Crippen LogP contribution is -2.13. The van der Waals surface area contributed by atoms with E-state index in [2.05, 4.69) is 42.6 Å². The number of para-hydroxylation sites is 1. The van der Waals surface area contributed by atoms with Crippen molar-refractivity contribution in [1.29, 1.82) is 0 Å². The molecule has 0 atom stereocenters. The summed E-state index contributed by atoms with van der Waals surface area (Å²) < 4.78 is 0. The molecule has 0 spiro atoms. The second kappa shape index (κ2) is 8.13. The fourth-order valence-corrected chi connectivity index (χ4v) is 4.54. The van der Waals surface area contributed by atoms with Crippen LogP contribution >= 0.6 is 0 Å². The number of hydrogen-bond acceptors (Lipinski definition) is 5. The number of fused-ring (bicyclic) bond motifs is 2. The molecule has 0 aliphatic heterocycles. The summed E-state index contributed by atoms with van der Waals surface area (Å²) in [5.41, 5.74) is 8.18. The maximum absolute atomic E-state index is 12.2. The third kappa shape index (κ3) is 3.60. The number of benzene rings is 2. The predicted molar refractivity (Wildman–Crippen MR) is 139 cm³/mol. The van der Waals surface area contributed by atoms with Crippen molar-refractivity contribution in [3.63, 3.8) is 0 Å². The number of hydrogen-bond donors (Lipinski definition) is 3. The van der Waals surface area contributed by atoms with Gasteiger partial charge in [0.1, 0.15) is 5.69 Å². The molecule has 1 fully saturated rings. The summed E-state index contributed by atoms with van der Waals surface area (Å²) in [5, 5.41) is 11.6. The molecule has 36 heavy (non-hydrogen) atoms. The Morgan fingerprint density at radius 1 is 0.889 bits per heavy atom. The fraction of sp³-hybridized carbons (Fsp3) is 0.107. The molecule has 1 aliphatic rings. The molecule has 6 aromatic rings. The van der Waals surface area contributed by atoms with Gasteiger partial charge in [-0.15, -0.1) is 0 Å². The molecule has 3 N–H and O–H groups in total. The highest BCUT2D eigenvalue weighted by atomic mass is 16.2. The zero-order valence-corrected chi connectivity index (χ0v) is 19.2. The molecule has 7 rings (SSSR count). The molecular weight excluding hydrogens is 450 g/mol. The second-order valence-electron chi connectivity index (χ2n) is 9.08. The lowest BCUT2D eigenvalue weighted by Gasteiger charge is -2.07. The summed E-state index contributed by atoms with van der Waals surface area (Å²) in [4.78, 5) is 29.0. The summed E-state index contributed by atoms with van der Waals surface area (Å²) in [7, 11) is 0. The topological polar surface area (TPSA) is 112 Å². The van der Waals surface area contributed by atoms with Gasteiger partial charge in [-0.05, 0) is 60.4 Å². The molecule has 2 aromatic carbocycles. The largest absolute Gasteiger partial charge is 0.337 e. The summed E-state index contributed by atoms with van der Waals surface area (Å²) in [6.45, 7) is 0. The minimum atomic E-state index is 0.0672. The van der Waals surface area contributed by atoms with Crippen LogP contribution in [0.3, 0.4) is 0 Å². The molecule has 0 saturated heterocycles. The molecule has 0 bridgehead atoms. The van der Waals surface area contributed by atoms with Crippen LogP contribution in [-0.4, -0.2) is 36.0 Å². The zero-order chi connectivity index (χ0) is 24.1. The van der Waals surface area contributed by atoms with Gasteiger partial charge in [0.25, 0.3) is 0 Å². The van der Waals surface area contributed by atoms with E-state index in [1.165, 1.54) is 0 Å². The van der Waals surface area contributed by atoms with Crippen molar-refractivity contribution >= 4 is 33.5 Å². The van der Waals surface area contributed by atoms with Crippen LogP contribution in [0.15, 0.2) is 79.4 Å². The van der Waals surface area contributed by atoms with Gasteiger partial charge in [0, 0.05) is 41.0 Å². The Hall–Kier alpha value is -4.85. The molecule has 4 heterocycles. The van der Waals surface area contributed by atoms with Crippen LogP contribution in [0.2, 0.25) is 0 Å². The highest BCUT2D eigenvalue weighted by Gasteiger charge is 2.29. The van der Waals surface area contributed by atoms with E-state index in [1.54, 1.807) is 24.8 Å². The molecule has 1 saturated carbocycles. The number of carbonyl (C=O) groups is 1. The van der Waals surface area contributed by atoms with Gasteiger partial charge in [0.2, 0.25) is 5.91 Å². The monoisotopic (exact) mass is 471 g/mol. The van der Waals surface area contributed by atoms with Crippen molar-refractivity contribution in [3.8, 4) is 33.8 Å². The summed E-state index contributed by atoms with van der Waals surface area (Å²) in [6.07, 6.45) is 8.98. The van der Waals surface area contributed by atoms with Crippen LogP contribution in [0.4, 0.5) is 5.69 Å². The number of anilines is 1. The predicted octanol–water partition coefficient (Wildman–Crippen LogP) is 5.58. The van der Waals surface area contributed by atoms with Crippen molar-refractivity contribution in [3.05, 3.63) is 79.4 Å². The van der Waals surface area contributed by atoms with Crippen molar-refractivity contribution in [2.75, 3.05) is 5.32 Å². The maximum atomic E-state index is 12.2. The van der Waals surface area contributed by atoms with E-state index in [1.807, 2.05) is 42.5 Å². The Kier molecular flexibility index (Phi) is 4.63. The van der Waals surface area contributed by atoms with Gasteiger partial charge in [-0.1, -0.05) is 18.2 Å². The summed E-state index contributed by atoms with van der Waals surface area (Å²) in [5.74, 6) is 0.900. The Bertz CT molecular complexity index is 1750. The normalized spacial score (nSPS) is 13.3. The van der Waals surface area contributed by atoms with Gasteiger partial charge < -0.3 is 10.3 Å². The van der Waals surface area contributed by atoms with Crippen molar-refractivity contribution < 1.29 is 4.79 Å². The van der Waals surface area contributed by atoms with Crippen LogP contribution in [0.25, 0.3) is 55.7 Å². The van der Waals surface area contributed by atoms with Crippen LogP contribution in [-0.2, 0) is 4.79 Å². The third-order valence-corrected chi connectivity index (χ3v) is 6.58. The molecule has 0 radical (unpaired) electrons. The fourth-order valence-electron chi connectivity index (χ4n) is 4.54. The van der Waals surface area contributed by atoms with Crippen molar-refractivity contribution in [1.82, 2.24) is 30.1 Å². The third-order valence-electron chi connectivity index (χ3n) is 6.58. The van der Waals surface area contributed by atoms with Crippen molar-refractivity contribution in [2.24, 2.45) is 5.92 Å². The number of imidazole rings is 1. The molecule has 4 aromatic heterocycles. The lowest BCUT2D eigenvalue weighted by atomic mass is 10.0. The van der Waals surface area contributed by atoms with E-state index < -0.39 is 0 Å². The average molecular weight is 472 g/mol. The van der Waals surface area contributed by atoms with Gasteiger partial charge in [-0.3, -0.25) is 19.9 Å². The van der Waals surface area contributed by atoms with E-state index in [9.17, 15) is 4.79 Å². The smallest absolute Gasteiger partial charge is 0.227 e. The first-order valence-corrected chi connectivity index (χ1v) is 11.9. The quantitative estimate of drug-likeness (QED) is 0.304.